The fourth-order valence-electron chi connectivity index (χ4n) is 3.25. The lowest BCUT2D eigenvalue weighted by Gasteiger charge is -2.36. The molecule has 1 saturated heterocycles. The normalized spacial score (nSPS) is 14.1. The van der Waals surface area contributed by atoms with Gasteiger partial charge in [-0.2, -0.15) is 0 Å². The van der Waals surface area contributed by atoms with Crippen molar-refractivity contribution in [2.24, 2.45) is 0 Å². The maximum atomic E-state index is 13.7. The van der Waals surface area contributed by atoms with E-state index in [2.05, 4.69) is 26.2 Å². The third-order valence-electron chi connectivity index (χ3n) is 4.85. The van der Waals surface area contributed by atoms with E-state index >= 15 is 0 Å². The van der Waals surface area contributed by atoms with Gasteiger partial charge in [-0.05, 0) is 24.3 Å². The number of hydrogen-bond donors (Lipinski definition) is 1. The van der Waals surface area contributed by atoms with Gasteiger partial charge in [-0.25, -0.2) is 9.37 Å². The summed E-state index contributed by atoms with van der Waals surface area (Å²) in [5.74, 6) is -0.627. The highest BCUT2D eigenvalue weighted by atomic mass is 35.5. The zero-order chi connectivity index (χ0) is 20.2. The van der Waals surface area contributed by atoms with Gasteiger partial charge < -0.3 is 15.1 Å². The molecule has 0 radical (unpaired) electrons. The van der Waals surface area contributed by atoms with Gasteiger partial charge in [-0.15, -0.1) is 11.3 Å². The lowest BCUT2D eigenvalue weighted by molar-refractivity contribution is 0.0946. The molecule has 1 aromatic heterocycles. The first kappa shape index (κ1) is 19.7. The summed E-state index contributed by atoms with van der Waals surface area (Å²) in [6.45, 7) is 3.48. The summed E-state index contributed by atoms with van der Waals surface area (Å²) in [6, 6.07) is 14.3. The van der Waals surface area contributed by atoms with E-state index in [1.165, 1.54) is 17.4 Å². The van der Waals surface area contributed by atoms with Crippen molar-refractivity contribution in [1.29, 1.82) is 0 Å². The molecule has 0 spiro atoms. The van der Waals surface area contributed by atoms with Crippen LogP contribution in [0.2, 0.25) is 5.02 Å². The van der Waals surface area contributed by atoms with Crippen LogP contribution in [0.5, 0.6) is 0 Å². The Morgan fingerprint density at radius 1 is 1.10 bits per heavy atom. The molecular formula is C21H20ClFN4OS. The van der Waals surface area contributed by atoms with Crippen molar-refractivity contribution in [3.8, 4) is 0 Å². The first-order chi connectivity index (χ1) is 14.1. The molecule has 0 bridgehead atoms. The molecule has 8 heteroatoms. The molecule has 1 aliphatic heterocycles. The van der Waals surface area contributed by atoms with Crippen LogP contribution in [0.4, 0.5) is 15.2 Å². The molecule has 1 aliphatic rings. The number of rotatable bonds is 5. The highest BCUT2D eigenvalue weighted by Gasteiger charge is 2.21. The predicted molar refractivity (Wildman–Crippen MR) is 116 cm³/mol. The molecule has 5 nitrogen and oxygen atoms in total. The van der Waals surface area contributed by atoms with Crippen LogP contribution in [0.25, 0.3) is 0 Å². The van der Waals surface area contributed by atoms with Gasteiger partial charge in [0, 0.05) is 54.4 Å². The molecule has 1 fully saturated rings. The maximum absolute atomic E-state index is 13.7. The minimum absolute atomic E-state index is 0.136. The first-order valence-corrected chi connectivity index (χ1v) is 10.6. The summed E-state index contributed by atoms with van der Waals surface area (Å²) < 4.78 is 13.7. The van der Waals surface area contributed by atoms with Crippen molar-refractivity contribution in [2.45, 2.75) is 6.54 Å². The molecule has 2 heterocycles. The van der Waals surface area contributed by atoms with Gasteiger partial charge in [0.1, 0.15) is 11.5 Å². The number of carbonyl (C=O) groups is 1. The van der Waals surface area contributed by atoms with Crippen LogP contribution in [-0.4, -0.2) is 37.1 Å². The third kappa shape index (κ3) is 4.68. The number of amides is 1. The largest absolute Gasteiger partial charge is 0.368 e. The third-order valence-corrected chi connectivity index (χ3v) is 5.98. The zero-order valence-corrected chi connectivity index (χ0v) is 17.2. The minimum atomic E-state index is -0.329. The molecule has 29 heavy (non-hydrogen) atoms. The Labute approximate surface area is 177 Å². The number of benzene rings is 2. The Hall–Kier alpha value is -2.64. The number of hydrogen-bond acceptors (Lipinski definition) is 5. The van der Waals surface area contributed by atoms with E-state index in [1.54, 1.807) is 23.6 Å². The SMILES string of the molecule is O=C(NCc1ccccc1F)c1csc(N2CCN(c3cccc(Cl)c3)CC2)n1. The molecule has 1 amide bonds. The quantitative estimate of drug-likeness (QED) is 0.659. The second kappa shape index (κ2) is 8.80. The molecular weight excluding hydrogens is 411 g/mol. The number of nitrogens with zero attached hydrogens (tertiary/aromatic N) is 3. The van der Waals surface area contributed by atoms with Gasteiger partial charge in [-0.3, -0.25) is 4.79 Å². The van der Waals surface area contributed by atoms with Gasteiger partial charge in [0.25, 0.3) is 5.91 Å². The number of carbonyl (C=O) groups excluding carboxylic acids is 1. The number of halogens is 2. The average molecular weight is 431 g/mol. The molecule has 2 aromatic carbocycles. The smallest absolute Gasteiger partial charge is 0.271 e. The topological polar surface area (TPSA) is 48.5 Å². The number of thiazole rings is 1. The van der Waals surface area contributed by atoms with E-state index < -0.39 is 0 Å². The fourth-order valence-corrected chi connectivity index (χ4v) is 4.29. The molecule has 0 aliphatic carbocycles. The molecule has 0 saturated carbocycles. The van der Waals surface area contributed by atoms with Crippen molar-refractivity contribution in [3.63, 3.8) is 0 Å². The van der Waals surface area contributed by atoms with E-state index in [9.17, 15) is 9.18 Å². The summed E-state index contributed by atoms with van der Waals surface area (Å²) >= 11 is 7.54. The Bertz CT molecular complexity index is 1000. The summed E-state index contributed by atoms with van der Waals surface area (Å²) in [6.07, 6.45) is 0. The molecule has 150 valence electrons. The number of piperazine rings is 1. The summed E-state index contributed by atoms with van der Waals surface area (Å²) in [5.41, 5.74) is 1.93. The Morgan fingerprint density at radius 3 is 2.62 bits per heavy atom. The van der Waals surface area contributed by atoms with Gasteiger partial charge >= 0.3 is 0 Å². The summed E-state index contributed by atoms with van der Waals surface area (Å²) in [5, 5.41) is 6.04. The predicted octanol–water partition coefficient (Wildman–Crippen LogP) is 4.19. The van der Waals surface area contributed by atoms with Crippen LogP contribution in [0, 0.1) is 5.82 Å². The van der Waals surface area contributed by atoms with Crippen LogP contribution < -0.4 is 15.1 Å². The van der Waals surface area contributed by atoms with Crippen molar-refractivity contribution >= 4 is 39.7 Å². The van der Waals surface area contributed by atoms with Crippen LogP contribution in [0.15, 0.2) is 53.9 Å². The van der Waals surface area contributed by atoms with Crippen molar-refractivity contribution in [3.05, 3.63) is 76.0 Å². The Balaban J connectivity index is 1.33. The Kier molecular flexibility index (Phi) is 5.97. The van der Waals surface area contributed by atoms with Crippen molar-refractivity contribution < 1.29 is 9.18 Å². The number of anilines is 2. The summed E-state index contributed by atoms with van der Waals surface area (Å²) in [7, 11) is 0. The van der Waals surface area contributed by atoms with Crippen LogP contribution in [0.3, 0.4) is 0 Å². The minimum Gasteiger partial charge on any atom is -0.368 e. The standard InChI is InChI=1S/C21H20ClFN4OS/c22-16-5-3-6-17(12-16)26-8-10-27(11-9-26)21-25-19(14-29-21)20(28)24-13-15-4-1-2-7-18(15)23/h1-7,12,14H,8-11,13H2,(H,24,28). The van der Waals surface area contributed by atoms with E-state index in [1.807, 2.05) is 18.2 Å². The maximum Gasteiger partial charge on any atom is 0.271 e. The van der Waals surface area contributed by atoms with Crippen molar-refractivity contribution in [1.82, 2.24) is 10.3 Å². The highest BCUT2D eigenvalue weighted by molar-refractivity contribution is 7.13. The van der Waals surface area contributed by atoms with Gasteiger partial charge in [0.05, 0.1) is 0 Å². The van der Waals surface area contributed by atoms with Gasteiger partial charge in [0.2, 0.25) is 0 Å². The Morgan fingerprint density at radius 2 is 1.86 bits per heavy atom. The number of aromatic nitrogens is 1. The average Bonchev–Trinajstić information content (AvgIpc) is 3.23. The second-order valence-corrected chi connectivity index (χ2v) is 8.02. The lowest BCUT2D eigenvalue weighted by Crippen LogP contribution is -2.46. The highest BCUT2D eigenvalue weighted by Crippen LogP contribution is 2.25. The molecule has 1 N–H and O–H groups in total. The fraction of sp³-hybridized carbons (Fsp3) is 0.238. The van der Waals surface area contributed by atoms with E-state index in [0.29, 0.717) is 11.3 Å². The number of nitrogens with one attached hydrogen (secondary N) is 1. The molecule has 4 rings (SSSR count). The van der Waals surface area contributed by atoms with Gasteiger partial charge in [-0.1, -0.05) is 35.9 Å². The van der Waals surface area contributed by atoms with E-state index in [-0.39, 0.29) is 18.3 Å². The van der Waals surface area contributed by atoms with E-state index in [0.717, 1.165) is 42.0 Å². The molecule has 0 atom stereocenters. The van der Waals surface area contributed by atoms with Gasteiger partial charge in [0.15, 0.2) is 5.13 Å². The first-order valence-electron chi connectivity index (χ1n) is 9.33. The zero-order valence-electron chi connectivity index (χ0n) is 15.6. The molecule has 3 aromatic rings. The summed E-state index contributed by atoms with van der Waals surface area (Å²) in [4.78, 5) is 21.3. The van der Waals surface area contributed by atoms with Crippen molar-refractivity contribution in [2.75, 3.05) is 36.0 Å². The lowest BCUT2D eigenvalue weighted by atomic mass is 10.2. The second-order valence-electron chi connectivity index (χ2n) is 6.74. The van der Waals surface area contributed by atoms with E-state index in [4.69, 9.17) is 11.6 Å². The van der Waals surface area contributed by atoms with Crippen LogP contribution in [-0.2, 0) is 6.54 Å². The monoisotopic (exact) mass is 430 g/mol. The van der Waals surface area contributed by atoms with Crippen LogP contribution in [0.1, 0.15) is 16.1 Å². The molecule has 0 unspecified atom stereocenters. The van der Waals surface area contributed by atoms with Crippen LogP contribution >= 0.6 is 22.9 Å².